The molecule has 0 bridgehead atoms. The highest BCUT2D eigenvalue weighted by molar-refractivity contribution is 5.37. The van der Waals surface area contributed by atoms with Crippen LogP contribution < -0.4 is 0 Å². The van der Waals surface area contributed by atoms with Crippen LogP contribution in [0.2, 0.25) is 0 Å². The minimum absolute atomic E-state index is 0.915. The molecule has 0 atom stereocenters. The van der Waals surface area contributed by atoms with Crippen molar-refractivity contribution >= 4 is 5.69 Å². The fourth-order valence-electron chi connectivity index (χ4n) is 2.66. The molecule has 4 heteroatoms. The van der Waals surface area contributed by atoms with Gasteiger partial charge in [-0.1, -0.05) is 52.7 Å². The van der Waals surface area contributed by atoms with Gasteiger partial charge < -0.3 is 0 Å². The minimum atomic E-state index is 0.915. The Balaban J connectivity index is 1.48. The molecule has 0 unspecified atom stereocenters. The van der Waals surface area contributed by atoms with Crippen LogP contribution in [0.1, 0.15) is 16.7 Å². The quantitative estimate of drug-likeness (QED) is 0.796. The summed E-state index contributed by atoms with van der Waals surface area (Å²) in [7, 11) is 0. The molecule has 3 rings (SSSR count). The molecule has 1 saturated heterocycles. The maximum absolute atomic E-state index is 4.37. The molecule has 0 radical (unpaired) electrons. The first kappa shape index (κ1) is 15.7. The van der Waals surface area contributed by atoms with Gasteiger partial charge in [-0.25, -0.2) is 0 Å². The summed E-state index contributed by atoms with van der Waals surface area (Å²) >= 11 is 0. The van der Waals surface area contributed by atoms with Crippen molar-refractivity contribution in [2.45, 2.75) is 20.4 Å². The topological polar surface area (TPSA) is 31.2 Å². The lowest BCUT2D eigenvalue weighted by Crippen LogP contribution is -2.43. The molecule has 2 aromatic rings. The summed E-state index contributed by atoms with van der Waals surface area (Å²) in [6.07, 6.45) is 0. The van der Waals surface area contributed by atoms with Crippen molar-refractivity contribution in [3.05, 3.63) is 65.2 Å². The molecule has 1 aliphatic heterocycles. The molecule has 1 heterocycles. The first-order valence-corrected chi connectivity index (χ1v) is 8.20. The van der Waals surface area contributed by atoms with Crippen LogP contribution in [-0.4, -0.2) is 36.1 Å². The van der Waals surface area contributed by atoms with Gasteiger partial charge in [-0.05, 0) is 31.5 Å². The number of piperazine rings is 1. The molecule has 4 nitrogen and oxygen atoms in total. The van der Waals surface area contributed by atoms with Gasteiger partial charge in [0.05, 0.1) is 18.8 Å². The number of hydrogen-bond acceptors (Lipinski definition) is 3. The largest absolute Gasteiger partial charge is 0.295 e. The fourth-order valence-corrected chi connectivity index (χ4v) is 2.66. The molecule has 2 aromatic carbocycles. The Bertz CT molecular complexity index is 638. The van der Waals surface area contributed by atoms with E-state index in [2.05, 4.69) is 70.5 Å². The highest BCUT2D eigenvalue weighted by Crippen LogP contribution is 2.15. The normalized spacial score (nSPS) is 16.2. The molecule has 23 heavy (non-hydrogen) atoms. The van der Waals surface area contributed by atoms with E-state index >= 15 is 0 Å². The maximum Gasteiger partial charge on any atom is 0.0874 e. The van der Waals surface area contributed by atoms with E-state index in [1.165, 1.54) is 16.7 Å². The van der Waals surface area contributed by atoms with Gasteiger partial charge in [0.15, 0.2) is 0 Å². The molecule has 0 aromatic heterocycles. The average Bonchev–Trinajstić information content (AvgIpc) is 2.58. The third-order valence-corrected chi connectivity index (χ3v) is 4.20. The van der Waals surface area contributed by atoms with E-state index in [0.29, 0.717) is 0 Å². The second kappa shape index (κ2) is 7.38. The molecule has 0 spiro atoms. The van der Waals surface area contributed by atoms with Crippen LogP contribution >= 0.6 is 0 Å². The summed E-state index contributed by atoms with van der Waals surface area (Å²) in [5, 5.41) is 10.8. The van der Waals surface area contributed by atoms with Gasteiger partial charge in [0.25, 0.3) is 0 Å². The monoisotopic (exact) mass is 308 g/mol. The zero-order valence-electron chi connectivity index (χ0n) is 13.9. The Morgan fingerprint density at radius 3 is 1.96 bits per heavy atom. The maximum atomic E-state index is 4.37. The zero-order valence-corrected chi connectivity index (χ0v) is 13.9. The second-order valence-electron chi connectivity index (χ2n) is 6.24. The standard InChI is InChI=1S/C19H24N4/c1-16-3-7-18(8-4-16)15-22-11-13-23(14-12-22)21-20-19-9-5-17(2)6-10-19/h3-10H,11-15H2,1-2H3. The van der Waals surface area contributed by atoms with Crippen molar-refractivity contribution in [3.8, 4) is 0 Å². The van der Waals surface area contributed by atoms with Crippen molar-refractivity contribution in [3.63, 3.8) is 0 Å². The molecule has 0 saturated carbocycles. The van der Waals surface area contributed by atoms with E-state index in [1.807, 2.05) is 12.1 Å². The van der Waals surface area contributed by atoms with Crippen LogP contribution in [0.4, 0.5) is 5.69 Å². The average molecular weight is 308 g/mol. The Morgan fingerprint density at radius 1 is 0.783 bits per heavy atom. The molecular weight excluding hydrogens is 284 g/mol. The zero-order chi connectivity index (χ0) is 16.1. The summed E-state index contributed by atoms with van der Waals surface area (Å²) < 4.78 is 0. The molecule has 1 aliphatic rings. The van der Waals surface area contributed by atoms with Crippen LogP contribution in [0.25, 0.3) is 0 Å². The smallest absolute Gasteiger partial charge is 0.0874 e. The molecular formula is C19H24N4. The van der Waals surface area contributed by atoms with Crippen LogP contribution in [0.5, 0.6) is 0 Å². The second-order valence-corrected chi connectivity index (χ2v) is 6.24. The number of benzene rings is 2. The predicted octanol–water partition coefficient (Wildman–Crippen LogP) is 4.12. The first-order valence-electron chi connectivity index (χ1n) is 8.20. The van der Waals surface area contributed by atoms with E-state index in [1.54, 1.807) is 0 Å². The number of rotatable bonds is 4. The summed E-state index contributed by atoms with van der Waals surface area (Å²) in [5.41, 5.74) is 4.85. The van der Waals surface area contributed by atoms with Gasteiger partial charge in [0.1, 0.15) is 0 Å². The number of hydrogen-bond donors (Lipinski definition) is 0. The molecule has 0 aliphatic carbocycles. The lowest BCUT2D eigenvalue weighted by Gasteiger charge is -2.32. The van der Waals surface area contributed by atoms with Crippen molar-refractivity contribution in [1.82, 2.24) is 9.91 Å². The Hall–Kier alpha value is -2.20. The van der Waals surface area contributed by atoms with Crippen molar-refractivity contribution in [2.24, 2.45) is 10.3 Å². The highest BCUT2D eigenvalue weighted by Gasteiger charge is 2.15. The summed E-state index contributed by atoms with van der Waals surface area (Å²) in [4.78, 5) is 2.47. The molecule has 120 valence electrons. The van der Waals surface area contributed by atoms with Crippen molar-refractivity contribution in [1.29, 1.82) is 0 Å². The van der Waals surface area contributed by atoms with Crippen molar-refractivity contribution < 1.29 is 0 Å². The highest BCUT2D eigenvalue weighted by atomic mass is 15.6. The van der Waals surface area contributed by atoms with E-state index in [4.69, 9.17) is 0 Å². The predicted molar refractivity (Wildman–Crippen MR) is 93.7 cm³/mol. The van der Waals surface area contributed by atoms with Crippen LogP contribution in [0, 0.1) is 13.8 Å². The van der Waals surface area contributed by atoms with E-state index in [9.17, 15) is 0 Å². The van der Waals surface area contributed by atoms with Gasteiger partial charge in [-0.3, -0.25) is 9.91 Å². The molecule has 0 N–H and O–H groups in total. The Labute approximate surface area is 138 Å². The van der Waals surface area contributed by atoms with Gasteiger partial charge in [0, 0.05) is 19.6 Å². The van der Waals surface area contributed by atoms with Crippen LogP contribution in [0.15, 0.2) is 58.9 Å². The molecule has 1 fully saturated rings. The first-order chi connectivity index (χ1) is 11.2. The Morgan fingerprint density at radius 2 is 1.35 bits per heavy atom. The third-order valence-electron chi connectivity index (χ3n) is 4.20. The summed E-state index contributed by atoms with van der Waals surface area (Å²) in [6.45, 7) is 9.14. The van der Waals surface area contributed by atoms with Gasteiger partial charge in [0.2, 0.25) is 0 Å². The third kappa shape index (κ3) is 4.63. The van der Waals surface area contributed by atoms with Crippen molar-refractivity contribution in [2.75, 3.05) is 26.2 Å². The SMILES string of the molecule is Cc1ccc(CN2CCN(N=Nc3ccc(C)cc3)CC2)cc1. The van der Waals surface area contributed by atoms with Gasteiger partial charge in [-0.2, -0.15) is 0 Å². The fraction of sp³-hybridized carbons (Fsp3) is 0.368. The van der Waals surface area contributed by atoms with E-state index in [-0.39, 0.29) is 0 Å². The lowest BCUT2D eigenvalue weighted by atomic mass is 10.1. The van der Waals surface area contributed by atoms with Gasteiger partial charge in [-0.15, -0.1) is 5.11 Å². The Kier molecular flexibility index (Phi) is 5.03. The lowest BCUT2D eigenvalue weighted by molar-refractivity contribution is 0.124. The number of aryl methyl sites for hydroxylation is 2. The van der Waals surface area contributed by atoms with Gasteiger partial charge >= 0.3 is 0 Å². The number of nitrogens with zero attached hydrogens (tertiary/aromatic N) is 4. The molecule has 0 amide bonds. The van der Waals surface area contributed by atoms with E-state index in [0.717, 1.165) is 38.4 Å². The summed E-state index contributed by atoms with van der Waals surface area (Å²) in [5.74, 6) is 0. The van der Waals surface area contributed by atoms with Crippen LogP contribution in [-0.2, 0) is 6.54 Å². The van der Waals surface area contributed by atoms with E-state index < -0.39 is 0 Å². The van der Waals surface area contributed by atoms with Crippen LogP contribution in [0.3, 0.4) is 0 Å². The minimum Gasteiger partial charge on any atom is -0.295 e. The summed E-state index contributed by atoms with van der Waals surface area (Å²) in [6, 6.07) is 16.9.